The smallest absolute Gasteiger partial charge is 0.261 e. The predicted molar refractivity (Wildman–Crippen MR) is 133 cm³/mol. The number of likely N-dealkylation sites (N-methyl/N-ethyl adjacent to an activating group) is 1. The molecule has 6 nitrogen and oxygen atoms in total. The van der Waals surface area contributed by atoms with Crippen LogP contribution >= 0.6 is 0 Å². The minimum atomic E-state index is -0.671. The van der Waals surface area contributed by atoms with Crippen LogP contribution in [0, 0.1) is 6.92 Å². The van der Waals surface area contributed by atoms with E-state index in [2.05, 4.69) is 5.32 Å². The van der Waals surface area contributed by atoms with Gasteiger partial charge in [0.15, 0.2) is 6.61 Å². The molecule has 1 atom stereocenters. The number of amides is 2. The molecule has 3 rings (SSSR count). The molecule has 0 aromatic heterocycles. The van der Waals surface area contributed by atoms with Crippen molar-refractivity contribution in [2.24, 2.45) is 0 Å². The molecule has 6 heteroatoms. The lowest BCUT2D eigenvalue weighted by Gasteiger charge is -2.31. The second-order valence-electron chi connectivity index (χ2n) is 8.07. The number of nitrogens with zero attached hydrogens (tertiary/aromatic N) is 1. The number of carbonyl (C=O) groups is 2. The van der Waals surface area contributed by atoms with Gasteiger partial charge in [-0.25, -0.2) is 0 Å². The van der Waals surface area contributed by atoms with E-state index >= 15 is 0 Å². The maximum absolute atomic E-state index is 13.5. The van der Waals surface area contributed by atoms with Crippen molar-refractivity contribution in [2.45, 2.75) is 32.9 Å². The molecule has 0 unspecified atom stereocenters. The summed E-state index contributed by atoms with van der Waals surface area (Å²) in [5.41, 5.74) is 3.04. The predicted octanol–water partition coefficient (Wildman–Crippen LogP) is 4.16. The van der Waals surface area contributed by atoms with Crippen LogP contribution in [0.3, 0.4) is 0 Å². The van der Waals surface area contributed by atoms with Crippen LogP contribution in [0.2, 0.25) is 0 Å². The first-order valence-corrected chi connectivity index (χ1v) is 11.4. The van der Waals surface area contributed by atoms with E-state index in [1.807, 2.05) is 68.4 Å². The topological polar surface area (TPSA) is 67.9 Å². The maximum Gasteiger partial charge on any atom is 0.261 e. The third-order valence-electron chi connectivity index (χ3n) is 5.48. The van der Waals surface area contributed by atoms with Gasteiger partial charge in [-0.2, -0.15) is 0 Å². The summed E-state index contributed by atoms with van der Waals surface area (Å²) in [4.78, 5) is 28.2. The first-order valence-electron chi connectivity index (χ1n) is 11.4. The Hall–Kier alpha value is -3.80. The lowest BCUT2D eigenvalue weighted by atomic mass is 10.0. The second-order valence-corrected chi connectivity index (χ2v) is 8.07. The molecule has 0 bridgehead atoms. The molecule has 178 valence electrons. The molecule has 0 aliphatic carbocycles. The van der Waals surface area contributed by atoms with Crippen molar-refractivity contribution >= 4 is 11.8 Å². The van der Waals surface area contributed by atoms with Crippen molar-refractivity contribution in [3.63, 3.8) is 0 Å². The van der Waals surface area contributed by atoms with Gasteiger partial charge < -0.3 is 19.7 Å². The summed E-state index contributed by atoms with van der Waals surface area (Å²) in [6.45, 7) is 4.49. The van der Waals surface area contributed by atoms with Crippen LogP contribution in [0.4, 0.5) is 0 Å². The van der Waals surface area contributed by atoms with Crippen molar-refractivity contribution in [2.75, 3.05) is 20.3 Å². The Morgan fingerprint density at radius 3 is 2.24 bits per heavy atom. The highest BCUT2D eigenvalue weighted by atomic mass is 16.5. The zero-order chi connectivity index (χ0) is 24.3. The quantitative estimate of drug-likeness (QED) is 0.467. The van der Waals surface area contributed by atoms with Crippen molar-refractivity contribution in [3.05, 3.63) is 95.6 Å². The third-order valence-corrected chi connectivity index (χ3v) is 5.48. The normalized spacial score (nSPS) is 11.4. The van der Waals surface area contributed by atoms with E-state index in [9.17, 15) is 9.59 Å². The first-order chi connectivity index (χ1) is 16.5. The summed E-state index contributed by atoms with van der Waals surface area (Å²) in [5.74, 6) is 0.822. The molecular weight excluding hydrogens is 428 g/mol. The monoisotopic (exact) mass is 460 g/mol. The van der Waals surface area contributed by atoms with Crippen LogP contribution in [0.5, 0.6) is 11.5 Å². The van der Waals surface area contributed by atoms with E-state index in [0.29, 0.717) is 31.0 Å². The Bertz CT molecular complexity index is 1070. The average Bonchev–Trinajstić information content (AvgIpc) is 2.85. The van der Waals surface area contributed by atoms with Crippen molar-refractivity contribution in [1.82, 2.24) is 10.2 Å². The number of carbonyl (C=O) groups excluding carboxylic acids is 2. The van der Waals surface area contributed by atoms with Gasteiger partial charge in [0.25, 0.3) is 5.91 Å². The molecule has 0 heterocycles. The summed E-state index contributed by atoms with van der Waals surface area (Å²) >= 11 is 0. The van der Waals surface area contributed by atoms with Gasteiger partial charge in [-0.05, 0) is 49.2 Å². The molecule has 0 saturated heterocycles. The van der Waals surface area contributed by atoms with E-state index < -0.39 is 6.04 Å². The van der Waals surface area contributed by atoms with Crippen molar-refractivity contribution in [1.29, 1.82) is 0 Å². The molecular formula is C28H32N2O4. The minimum Gasteiger partial charge on any atom is -0.497 e. The summed E-state index contributed by atoms with van der Waals surface area (Å²) in [6.07, 6.45) is 0.409. The van der Waals surface area contributed by atoms with Gasteiger partial charge in [-0.15, -0.1) is 0 Å². The van der Waals surface area contributed by atoms with E-state index in [1.54, 1.807) is 36.3 Å². The highest BCUT2D eigenvalue weighted by molar-refractivity contribution is 5.88. The summed E-state index contributed by atoms with van der Waals surface area (Å²) in [6, 6.07) is 24.1. The molecule has 3 aromatic rings. The molecule has 0 spiro atoms. The minimum absolute atomic E-state index is 0.178. The number of benzene rings is 3. The number of nitrogens with one attached hydrogen (secondary N) is 1. The first kappa shape index (κ1) is 24.8. The molecule has 1 N–H and O–H groups in total. The van der Waals surface area contributed by atoms with Gasteiger partial charge >= 0.3 is 0 Å². The fourth-order valence-corrected chi connectivity index (χ4v) is 3.75. The third kappa shape index (κ3) is 7.10. The number of methoxy groups -OCH3 is 1. The summed E-state index contributed by atoms with van der Waals surface area (Å²) < 4.78 is 10.9. The highest BCUT2D eigenvalue weighted by Crippen LogP contribution is 2.19. The van der Waals surface area contributed by atoms with E-state index in [4.69, 9.17) is 9.47 Å². The molecule has 0 aliphatic heterocycles. The molecule has 2 amide bonds. The number of rotatable bonds is 11. The maximum atomic E-state index is 13.5. The van der Waals surface area contributed by atoms with Crippen LogP contribution in [-0.4, -0.2) is 43.0 Å². The van der Waals surface area contributed by atoms with Crippen LogP contribution in [0.25, 0.3) is 0 Å². The summed E-state index contributed by atoms with van der Waals surface area (Å²) in [5, 5.41) is 2.90. The lowest BCUT2D eigenvalue weighted by molar-refractivity contribution is -0.142. The average molecular weight is 461 g/mol. The Kier molecular flexibility index (Phi) is 9.09. The van der Waals surface area contributed by atoms with Gasteiger partial charge in [-0.1, -0.05) is 60.2 Å². The van der Waals surface area contributed by atoms with Gasteiger partial charge in [0, 0.05) is 19.5 Å². The van der Waals surface area contributed by atoms with Crippen LogP contribution < -0.4 is 14.8 Å². The number of hydrogen-bond donors (Lipinski definition) is 1. The van der Waals surface area contributed by atoms with E-state index in [1.165, 1.54) is 0 Å². The lowest BCUT2D eigenvalue weighted by Crippen LogP contribution is -2.51. The zero-order valence-electron chi connectivity index (χ0n) is 20.0. The SMILES string of the molecule is CCNC(=O)[C@H](Cc1ccccc1)N(Cc1cccc(C)c1)C(=O)COc1ccc(OC)cc1. The fourth-order valence-electron chi connectivity index (χ4n) is 3.75. The largest absolute Gasteiger partial charge is 0.497 e. The van der Waals surface area contributed by atoms with E-state index in [0.717, 1.165) is 16.7 Å². The molecule has 0 radical (unpaired) electrons. The zero-order valence-corrected chi connectivity index (χ0v) is 20.0. The molecule has 0 fully saturated rings. The fraction of sp³-hybridized carbons (Fsp3) is 0.286. The van der Waals surface area contributed by atoms with Crippen molar-refractivity contribution < 1.29 is 19.1 Å². The summed E-state index contributed by atoms with van der Waals surface area (Å²) in [7, 11) is 1.59. The van der Waals surface area contributed by atoms with E-state index in [-0.39, 0.29) is 18.4 Å². The highest BCUT2D eigenvalue weighted by Gasteiger charge is 2.30. The Labute approximate surface area is 201 Å². The van der Waals surface area contributed by atoms with Gasteiger partial charge in [-0.3, -0.25) is 9.59 Å². The van der Waals surface area contributed by atoms with Gasteiger partial charge in [0.05, 0.1) is 7.11 Å². The molecule has 0 aliphatic rings. The molecule has 34 heavy (non-hydrogen) atoms. The second kappa shape index (κ2) is 12.4. The Balaban J connectivity index is 1.86. The van der Waals surface area contributed by atoms with Crippen LogP contribution in [0.15, 0.2) is 78.9 Å². The van der Waals surface area contributed by atoms with Gasteiger partial charge in [0.1, 0.15) is 17.5 Å². The van der Waals surface area contributed by atoms with Crippen LogP contribution in [-0.2, 0) is 22.6 Å². The van der Waals surface area contributed by atoms with Crippen molar-refractivity contribution in [3.8, 4) is 11.5 Å². The van der Waals surface area contributed by atoms with Crippen LogP contribution in [0.1, 0.15) is 23.6 Å². The Morgan fingerprint density at radius 1 is 0.912 bits per heavy atom. The number of aryl methyl sites for hydroxylation is 1. The molecule has 3 aromatic carbocycles. The molecule has 0 saturated carbocycles. The van der Waals surface area contributed by atoms with Gasteiger partial charge in [0.2, 0.25) is 5.91 Å². The Morgan fingerprint density at radius 2 is 1.59 bits per heavy atom. The number of hydrogen-bond acceptors (Lipinski definition) is 4. The number of ether oxygens (including phenoxy) is 2. The standard InChI is InChI=1S/C28H32N2O4/c1-4-29-28(32)26(18-22-10-6-5-7-11-22)30(19-23-12-8-9-21(2)17-23)27(31)20-34-25-15-13-24(33-3)14-16-25/h5-17,26H,4,18-20H2,1-3H3,(H,29,32)/t26-/m0/s1.